The van der Waals surface area contributed by atoms with Crippen molar-refractivity contribution in [1.29, 1.82) is 0 Å². The molecule has 0 spiro atoms. The molecular formula is C17H22OS. The molecule has 3 rings (SSSR count). The maximum Gasteiger partial charge on any atom is 0.0714 e. The highest BCUT2D eigenvalue weighted by Crippen LogP contribution is 2.40. The molecule has 1 aliphatic carbocycles. The highest BCUT2D eigenvalue weighted by Gasteiger charge is 2.38. The van der Waals surface area contributed by atoms with Crippen molar-refractivity contribution in [2.45, 2.75) is 45.1 Å². The molecule has 3 unspecified atom stereocenters. The lowest BCUT2D eigenvalue weighted by Gasteiger charge is -2.40. The molecule has 0 bridgehead atoms. The largest absolute Gasteiger partial charge is 0.389 e. The second kappa shape index (κ2) is 4.92. The highest BCUT2D eigenvalue weighted by molar-refractivity contribution is 7.17. The van der Waals surface area contributed by atoms with Gasteiger partial charge in [0.1, 0.15) is 0 Å². The third-order valence-corrected chi connectivity index (χ3v) is 5.81. The van der Waals surface area contributed by atoms with Gasteiger partial charge in [0.2, 0.25) is 0 Å². The zero-order valence-corrected chi connectivity index (χ0v) is 12.5. The smallest absolute Gasteiger partial charge is 0.0714 e. The van der Waals surface area contributed by atoms with Gasteiger partial charge in [-0.2, -0.15) is 0 Å². The SMILES string of the molecule is CC1CCC(O)(Cc2csc3ccccc23)C(C)C1. The fourth-order valence-electron chi connectivity index (χ4n) is 3.45. The van der Waals surface area contributed by atoms with Crippen molar-refractivity contribution in [1.82, 2.24) is 0 Å². The van der Waals surface area contributed by atoms with E-state index in [1.165, 1.54) is 15.6 Å². The Morgan fingerprint density at radius 1 is 1.32 bits per heavy atom. The van der Waals surface area contributed by atoms with Gasteiger partial charge in [-0.1, -0.05) is 32.0 Å². The Morgan fingerprint density at radius 2 is 2.11 bits per heavy atom. The Labute approximate surface area is 119 Å². The second-order valence-corrected chi connectivity index (χ2v) is 7.23. The van der Waals surface area contributed by atoms with Crippen molar-refractivity contribution in [2.75, 3.05) is 0 Å². The molecule has 0 saturated heterocycles. The molecule has 19 heavy (non-hydrogen) atoms. The molecule has 0 amide bonds. The van der Waals surface area contributed by atoms with E-state index in [-0.39, 0.29) is 0 Å². The van der Waals surface area contributed by atoms with Gasteiger partial charge in [0.05, 0.1) is 5.60 Å². The van der Waals surface area contributed by atoms with E-state index in [4.69, 9.17) is 0 Å². The summed E-state index contributed by atoms with van der Waals surface area (Å²) in [6.07, 6.45) is 4.06. The standard InChI is InChI=1S/C17H22OS/c1-12-7-8-17(18,13(2)9-12)10-14-11-19-16-6-4-3-5-15(14)16/h3-6,11-13,18H,7-10H2,1-2H3. The van der Waals surface area contributed by atoms with Gasteiger partial charge in [-0.05, 0) is 53.5 Å². The molecule has 1 N–H and O–H groups in total. The van der Waals surface area contributed by atoms with Crippen LogP contribution in [0, 0.1) is 11.8 Å². The molecule has 2 heteroatoms. The molecule has 2 aromatic rings. The summed E-state index contributed by atoms with van der Waals surface area (Å²) in [7, 11) is 0. The molecule has 0 radical (unpaired) electrons. The summed E-state index contributed by atoms with van der Waals surface area (Å²) >= 11 is 1.79. The monoisotopic (exact) mass is 274 g/mol. The van der Waals surface area contributed by atoms with Crippen LogP contribution in [-0.4, -0.2) is 10.7 Å². The third-order valence-electron chi connectivity index (χ3n) is 4.80. The van der Waals surface area contributed by atoms with Crippen LogP contribution in [0.5, 0.6) is 0 Å². The summed E-state index contributed by atoms with van der Waals surface area (Å²) in [4.78, 5) is 0. The van der Waals surface area contributed by atoms with Gasteiger partial charge in [0, 0.05) is 11.1 Å². The lowest BCUT2D eigenvalue weighted by Crippen LogP contribution is -2.43. The van der Waals surface area contributed by atoms with Gasteiger partial charge in [-0.25, -0.2) is 0 Å². The van der Waals surface area contributed by atoms with Gasteiger partial charge in [0.25, 0.3) is 0 Å². The fourth-order valence-corrected chi connectivity index (χ4v) is 4.41. The van der Waals surface area contributed by atoms with Crippen LogP contribution in [0.25, 0.3) is 10.1 Å². The van der Waals surface area contributed by atoms with Crippen LogP contribution in [0.1, 0.15) is 38.7 Å². The Bertz CT molecular complexity index is 573. The molecule has 1 aliphatic rings. The zero-order valence-electron chi connectivity index (χ0n) is 11.7. The van der Waals surface area contributed by atoms with Gasteiger partial charge < -0.3 is 5.11 Å². The number of thiophene rings is 1. The maximum absolute atomic E-state index is 11.0. The minimum atomic E-state index is -0.504. The van der Waals surface area contributed by atoms with E-state index in [1.54, 1.807) is 11.3 Å². The summed E-state index contributed by atoms with van der Waals surface area (Å²) in [5.74, 6) is 1.16. The Hall–Kier alpha value is -0.860. The number of benzene rings is 1. The van der Waals surface area contributed by atoms with Crippen LogP contribution in [-0.2, 0) is 6.42 Å². The topological polar surface area (TPSA) is 20.2 Å². The lowest BCUT2D eigenvalue weighted by molar-refractivity contribution is -0.0519. The van der Waals surface area contributed by atoms with Crippen molar-refractivity contribution in [3.8, 4) is 0 Å². The van der Waals surface area contributed by atoms with Crippen molar-refractivity contribution >= 4 is 21.4 Å². The normalized spacial score (nSPS) is 31.7. The maximum atomic E-state index is 11.0. The molecular weight excluding hydrogens is 252 g/mol. The molecule has 102 valence electrons. The molecule has 1 nitrogen and oxygen atoms in total. The molecule has 1 fully saturated rings. The second-order valence-electron chi connectivity index (χ2n) is 6.32. The fraction of sp³-hybridized carbons (Fsp3) is 0.529. The van der Waals surface area contributed by atoms with Crippen molar-refractivity contribution < 1.29 is 5.11 Å². The minimum absolute atomic E-state index is 0.398. The van der Waals surface area contributed by atoms with Crippen LogP contribution in [0.3, 0.4) is 0 Å². The quantitative estimate of drug-likeness (QED) is 0.846. The van der Waals surface area contributed by atoms with Gasteiger partial charge in [-0.15, -0.1) is 11.3 Å². The first kappa shape index (κ1) is 13.1. The lowest BCUT2D eigenvalue weighted by atomic mass is 9.70. The molecule has 1 saturated carbocycles. The van der Waals surface area contributed by atoms with Gasteiger partial charge in [-0.3, -0.25) is 0 Å². The molecule has 1 aromatic heterocycles. The summed E-state index contributed by atoms with van der Waals surface area (Å²) in [5, 5.41) is 14.5. The van der Waals surface area contributed by atoms with E-state index in [0.717, 1.165) is 31.6 Å². The highest BCUT2D eigenvalue weighted by atomic mass is 32.1. The van der Waals surface area contributed by atoms with Crippen LogP contribution in [0.15, 0.2) is 29.6 Å². The van der Waals surface area contributed by atoms with Gasteiger partial charge >= 0.3 is 0 Å². The number of rotatable bonds is 2. The zero-order chi connectivity index (χ0) is 13.5. The third kappa shape index (κ3) is 2.44. The van der Waals surface area contributed by atoms with E-state index in [2.05, 4.69) is 43.5 Å². The van der Waals surface area contributed by atoms with Crippen molar-refractivity contribution in [3.63, 3.8) is 0 Å². The van der Waals surface area contributed by atoms with E-state index in [0.29, 0.717) is 5.92 Å². The summed E-state index contributed by atoms with van der Waals surface area (Å²) in [5.41, 5.74) is 0.820. The van der Waals surface area contributed by atoms with E-state index in [1.807, 2.05) is 0 Å². The van der Waals surface area contributed by atoms with E-state index < -0.39 is 5.60 Å². The average Bonchev–Trinajstić information content (AvgIpc) is 2.79. The van der Waals surface area contributed by atoms with E-state index in [9.17, 15) is 5.11 Å². The Balaban J connectivity index is 1.88. The number of aliphatic hydroxyl groups is 1. The number of fused-ring (bicyclic) bond motifs is 1. The van der Waals surface area contributed by atoms with Crippen LogP contribution in [0.4, 0.5) is 0 Å². The Kier molecular flexibility index (Phi) is 3.40. The van der Waals surface area contributed by atoms with Crippen LogP contribution < -0.4 is 0 Å². The first-order valence-electron chi connectivity index (χ1n) is 7.26. The molecule has 1 aromatic carbocycles. The molecule has 3 atom stereocenters. The summed E-state index contributed by atoms with van der Waals surface area (Å²) in [6.45, 7) is 4.51. The van der Waals surface area contributed by atoms with Gasteiger partial charge in [0.15, 0.2) is 0 Å². The summed E-state index contributed by atoms with van der Waals surface area (Å²) in [6, 6.07) is 8.53. The van der Waals surface area contributed by atoms with Crippen LogP contribution >= 0.6 is 11.3 Å². The van der Waals surface area contributed by atoms with Crippen LogP contribution in [0.2, 0.25) is 0 Å². The molecule has 1 heterocycles. The first-order chi connectivity index (χ1) is 9.08. The Morgan fingerprint density at radius 3 is 2.89 bits per heavy atom. The predicted octanol–water partition coefficient (Wildman–Crippen LogP) is 4.63. The number of hydrogen-bond donors (Lipinski definition) is 1. The molecule has 0 aliphatic heterocycles. The van der Waals surface area contributed by atoms with Crippen molar-refractivity contribution in [2.24, 2.45) is 11.8 Å². The predicted molar refractivity (Wildman–Crippen MR) is 82.7 cm³/mol. The minimum Gasteiger partial charge on any atom is -0.389 e. The first-order valence-corrected chi connectivity index (χ1v) is 8.14. The van der Waals surface area contributed by atoms with E-state index >= 15 is 0 Å². The van der Waals surface area contributed by atoms with Crippen molar-refractivity contribution in [3.05, 3.63) is 35.2 Å². The summed E-state index contributed by atoms with van der Waals surface area (Å²) < 4.78 is 1.33. The average molecular weight is 274 g/mol. The number of hydrogen-bond acceptors (Lipinski definition) is 2.